The van der Waals surface area contributed by atoms with Crippen molar-refractivity contribution < 1.29 is 9.18 Å². The van der Waals surface area contributed by atoms with Crippen molar-refractivity contribution in [1.29, 1.82) is 0 Å². The number of carbonyl (C=O) groups excluding carboxylic acids is 1. The molecule has 3 rings (SSSR count). The molecule has 0 bridgehead atoms. The van der Waals surface area contributed by atoms with Crippen molar-refractivity contribution in [2.45, 2.75) is 25.7 Å². The van der Waals surface area contributed by atoms with Crippen LogP contribution in [0.4, 0.5) is 4.39 Å². The molecule has 0 N–H and O–H groups in total. The first-order valence-corrected chi connectivity index (χ1v) is 6.21. The third-order valence-electron chi connectivity index (χ3n) is 3.00. The van der Waals surface area contributed by atoms with E-state index in [0.717, 1.165) is 33.4 Å². The monoisotopic (exact) mass is 234 g/mol. The average molecular weight is 234 g/mol. The van der Waals surface area contributed by atoms with Crippen molar-refractivity contribution in [1.82, 2.24) is 0 Å². The number of fused-ring (bicyclic) bond motifs is 1. The van der Waals surface area contributed by atoms with Crippen LogP contribution in [0.25, 0.3) is 10.1 Å². The highest BCUT2D eigenvalue weighted by Crippen LogP contribution is 2.48. The molecule has 1 heterocycles. The van der Waals surface area contributed by atoms with Gasteiger partial charge in [-0.05, 0) is 48.8 Å². The van der Waals surface area contributed by atoms with Gasteiger partial charge in [0, 0.05) is 4.70 Å². The molecule has 0 amide bonds. The van der Waals surface area contributed by atoms with E-state index >= 15 is 0 Å². The molecule has 0 unspecified atom stereocenters. The maximum atomic E-state index is 13.1. The van der Waals surface area contributed by atoms with Crippen LogP contribution in [0.15, 0.2) is 18.2 Å². The zero-order valence-corrected chi connectivity index (χ0v) is 9.73. The summed E-state index contributed by atoms with van der Waals surface area (Å²) in [7, 11) is 0. The second kappa shape index (κ2) is 3.39. The number of ketones is 1. The number of Topliss-reactive ketones (excluding diaryl/α,β-unsaturated/α-hetero) is 1. The summed E-state index contributed by atoms with van der Waals surface area (Å²) in [5.41, 5.74) is 1.16. The summed E-state index contributed by atoms with van der Waals surface area (Å²) in [5, 5.41) is 1.07. The van der Waals surface area contributed by atoms with E-state index in [1.165, 1.54) is 23.5 Å². The van der Waals surface area contributed by atoms with Crippen LogP contribution in [0.1, 0.15) is 40.9 Å². The number of carbonyl (C=O) groups is 1. The van der Waals surface area contributed by atoms with Gasteiger partial charge in [-0.1, -0.05) is 6.07 Å². The highest BCUT2D eigenvalue weighted by molar-refractivity contribution is 7.21. The number of rotatable bonds is 2. The summed E-state index contributed by atoms with van der Waals surface area (Å²) in [6.45, 7) is 1.59. The van der Waals surface area contributed by atoms with E-state index in [4.69, 9.17) is 0 Å². The molecular formula is C13H11FOS. The Hall–Kier alpha value is -1.22. The lowest BCUT2D eigenvalue weighted by Crippen LogP contribution is -1.92. The maximum Gasteiger partial charge on any atom is 0.170 e. The Morgan fingerprint density at radius 2 is 2.19 bits per heavy atom. The average Bonchev–Trinajstić information content (AvgIpc) is 2.99. The van der Waals surface area contributed by atoms with E-state index in [2.05, 4.69) is 0 Å². The van der Waals surface area contributed by atoms with Gasteiger partial charge in [0.05, 0.1) is 4.88 Å². The first kappa shape index (κ1) is 9.97. The van der Waals surface area contributed by atoms with Crippen molar-refractivity contribution in [2.75, 3.05) is 0 Å². The van der Waals surface area contributed by atoms with Gasteiger partial charge in [0.25, 0.3) is 0 Å². The second-order valence-corrected chi connectivity index (χ2v) is 5.37. The molecule has 0 saturated heterocycles. The van der Waals surface area contributed by atoms with E-state index in [-0.39, 0.29) is 11.6 Å². The molecule has 1 saturated carbocycles. The minimum atomic E-state index is -0.230. The summed E-state index contributed by atoms with van der Waals surface area (Å²) in [5.74, 6) is 0.396. The van der Waals surface area contributed by atoms with E-state index in [1.807, 2.05) is 0 Å². The molecule has 0 radical (unpaired) electrons. The third-order valence-corrected chi connectivity index (χ3v) is 4.27. The number of hydrogen-bond donors (Lipinski definition) is 0. The fraction of sp³-hybridized carbons (Fsp3) is 0.308. The first-order chi connectivity index (χ1) is 7.66. The standard InChI is InChI=1S/C13H11FOS/c1-7(15)13-12(8-2-3-8)10-5-4-9(14)6-11(10)16-13/h4-6,8H,2-3H2,1H3. The van der Waals surface area contributed by atoms with Crippen molar-refractivity contribution in [3.63, 3.8) is 0 Å². The molecule has 1 aromatic heterocycles. The van der Waals surface area contributed by atoms with Gasteiger partial charge < -0.3 is 0 Å². The molecule has 1 aliphatic carbocycles. The van der Waals surface area contributed by atoms with Crippen LogP contribution in [0.3, 0.4) is 0 Å². The Labute approximate surface area is 96.9 Å². The molecule has 16 heavy (non-hydrogen) atoms. The van der Waals surface area contributed by atoms with Gasteiger partial charge in [-0.3, -0.25) is 4.79 Å². The van der Waals surface area contributed by atoms with Gasteiger partial charge in [0.1, 0.15) is 5.82 Å². The number of halogens is 1. The highest BCUT2D eigenvalue weighted by Gasteiger charge is 2.30. The van der Waals surface area contributed by atoms with Gasteiger partial charge in [-0.25, -0.2) is 4.39 Å². The lowest BCUT2D eigenvalue weighted by atomic mass is 10.0. The van der Waals surface area contributed by atoms with Crippen molar-refractivity contribution >= 4 is 27.2 Å². The van der Waals surface area contributed by atoms with Crippen molar-refractivity contribution in [3.8, 4) is 0 Å². The van der Waals surface area contributed by atoms with Gasteiger partial charge in [-0.15, -0.1) is 11.3 Å². The lowest BCUT2D eigenvalue weighted by molar-refractivity contribution is 0.102. The van der Waals surface area contributed by atoms with Crippen LogP contribution in [0.5, 0.6) is 0 Å². The highest BCUT2D eigenvalue weighted by atomic mass is 32.1. The van der Waals surface area contributed by atoms with Crippen molar-refractivity contribution in [2.24, 2.45) is 0 Å². The Morgan fingerprint density at radius 3 is 2.81 bits per heavy atom. The van der Waals surface area contributed by atoms with Crippen LogP contribution in [-0.2, 0) is 0 Å². The van der Waals surface area contributed by atoms with Crippen LogP contribution in [-0.4, -0.2) is 5.78 Å². The lowest BCUT2D eigenvalue weighted by Gasteiger charge is -1.98. The minimum Gasteiger partial charge on any atom is -0.294 e. The summed E-state index contributed by atoms with van der Waals surface area (Å²) in [4.78, 5) is 12.4. The Kier molecular flexibility index (Phi) is 2.11. The van der Waals surface area contributed by atoms with E-state index in [1.54, 1.807) is 13.0 Å². The molecule has 0 spiro atoms. The molecular weight excluding hydrogens is 223 g/mol. The molecule has 82 valence electrons. The number of benzene rings is 1. The maximum absolute atomic E-state index is 13.1. The SMILES string of the molecule is CC(=O)c1sc2cc(F)ccc2c1C1CC1. The quantitative estimate of drug-likeness (QED) is 0.714. The Balaban J connectivity index is 2.32. The fourth-order valence-electron chi connectivity index (χ4n) is 2.13. The van der Waals surface area contributed by atoms with Crippen molar-refractivity contribution in [3.05, 3.63) is 34.5 Å². The van der Waals surface area contributed by atoms with Crippen LogP contribution >= 0.6 is 11.3 Å². The largest absolute Gasteiger partial charge is 0.294 e. The molecule has 0 atom stereocenters. The summed E-state index contributed by atoms with van der Waals surface area (Å²) in [6, 6.07) is 4.81. The van der Waals surface area contributed by atoms with E-state index in [0.29, 0.717) is 5.92 Å². The summed E-state index contributed by atoms with van der Waals surface area (Å²) < 4.78 is 14.0. The van der Waals surface area contributed by atoms with Gasteiger partial charge in [0.2, 0.25) is 0 Å². The van der Waals surface area contributed by atoms with Gasteiger partial charge in [-0.2, -0.15) is 0 Å². The second-order valence-electron chi connectivity index (χ2n) is 4.32. The smallest absolute Gasteiger partial charge is 0.170 e. The van der Waals surface area contributed by atoms with Crippen LogP contribution in [0.2, 0.25) is 0 Å². The molecule has 0 aliphatic heterocycles. The zero-order valence-electron chi connectivity index (χ0n) is 8.92. The molecule has 3 heteroatoms. The van der Waals surface area contributed by atoms with Crippen LogP contribution < -0.4 is 0 Å². The van der Waals surface area contributed by atoms with Gasteiger partial charge >= 0.3 is 0 Å². The van der Waals surface area contributed by atoms with Gasteiger partial charge in [0.15, 0.2) is 5.78 Å². The van der Waals surface area contributed by atoms with E-state index < -0.39 is 0 Å². The fourth-order valence-corrected chi connectivity index (χ4v) is 3.34. The molecule has 1 fully saturated rings. The Morgan fingerprint density at radius 1 is 1.44 bits per heavy atom. The Bertz CT molecular complexity index is 581. The van der Waals surface area contributed by atoms with E-state index in [9.17, 15) is 9.18 Å². The predicted octanol–water partition coefficient (Wildman–Crippen LogP) is 4.12. The number of hydrogen-bond acceptors (Lipinski definition) is 2. The normalized spacial score (nSPS) is 15.6. The minimum absolute atomic E-state index is 0.100. The predicted molar refractivity (Wildman–Crippen MR) is 63.8 cm³/mol. The number of thiophene rings is 1. The summed E-state index contributed by atoms with van der Waals surface area (Å²) >= 11 is 1.42. The first-order valence-electron chi connectivity index (χ1n) is 5.39. The summed E-state index contributed by atoms with van der Waals surface area (Å²) in [6.07, 6.45) is 2.31. The molecule has 1 nitrogen and oxygen atoms in total. The zero-order chi connectivity index (χ0) is 11.3. The third kappa shape index (κ3) is 1.47. The molecule has 1 aliphatic rings. The molecule has 1 aromatic carbocycles. The topological polar surface area (TPSA) is 17.1 Å². The molecule has 2 aromatic rings. The van der Waals surface area contributed by atoms with Crippen LogP contribution in [0, 0.1) is 5.82 Å².